The SMILES string of the molecule is Cc1ccc(C)c(C(N)CN(CC(C)C)C2CCCC2)c1. The highest BCUT2D eigenvalue weighted by molar-refractivity contribution is 5.33. The molecule has 0 bridgehead atoms. The minimum atomic E-state index is 0.129. The standard InChI is InChI=1S/C19H32N2/c1-14(2)12-21(17-7-5-6-8-17)13-19(20)18-11-15(3)9-10-16(18)4/h9-11,14,17,19H,5-8,12-13,20H2,1-4H3. The molecule has 0 amide bonds. The van der Waals surface area contributed by atoms with E-state index in [-0.39, 0.29) is 6.04 Å². The molecule has 0 saturated heterocycles. The summed E-state index contributed by atoms with van der Waals surface area (Å²) in [5, 5.41) is 0. The molecular weight excluding hydrogens is 256 g/mol. The van der Waals surface area contributed by atoms with Gasteiger partial charge >= 0.3 is 0 Å². The maximum absolute atomic E-state index is 6.57. The average Bonchev–Trinajstić information content (AvgIpc) is 2.94. The summed E-state index contributed by atoms with van der Waals surface area (Å²) in [5.74, 6) is 0.705. The first-order chi connectivity index (χ1) is 9.97. The van der Waals surface area contributed by atoms with E-state index >= 15 is 0 Å². The molecule has 1 aliphatic carbocycles. The van der Waals surface area contributed by atoms with E-state index in [1.807, 2.05) is 0 Å². The number of hydrogen-bond donors (Lipinski definition) is 1. The van der Waals surface area contributed by atoms with E-state index in [2.05, 4.69) is 50.8 Å². The molecule has 1 saturated carbocycles. The van der Waals surface area contributed by atoms with E-state index in [0.717, 1.165) is 12.6 Å². The first-order valence-electron chi connectivity index (χ1n) is 8.54. The molecule has 0 aliphatic heterocycles. The van der Waals surface area contributed by atoms with Gasteiger partial charge < -0.3 is 5.73 Å². The Hall–Kier alpha value is -0.860. The zero-order valence-electron chi connectivity index (χ0n) is 14.2. The van der Waals surface area contributed by atoms with Crippen LogP contribution < -0.4 is 5.73 Å². The second-order valence-electron chi connectivity index (χ2n) is 7.25. The van der Waals surface area contributed by atoms with Crippen LogP contribution in [0.5, 0.6) is 0 Å². The molecule has 1 aliphatic rings. The summed E-state index contributed by atoms with van der Waals surface area (Å²) in [6, 6.07) is 7.52. The molecule has 1 fully saturated rings. The first-order valence-corrected chi connectivity index (χ1v) is 8.54. The van der Waals surface area contributed by atoms with Crippen LogP contribution in [0.4, 0.5) is 0 Å². The largest absolute Gasteiger partial charge is 0.323 e. The zero-order valence-corrected chi connectivity index (χ0v) is 14.2. The summed E-state index contributed by atoms with van der Waals surface area (Å²) in [4.78, 5) is 2.66. The molecule has 0 spiro atoms. The number of nitrogens with zero attached hydrogens (tertiary/aromatic N) is 1. The van der Waals surface area contributed by atoms with Crippen molar-refractivity contribution in [2.75, 3.05) is 13.1 Å². The Kier molecular flexibility index (Phi) is 5.83. The summed E-state index contributed by atoms with van der Waals surface area (Å²) in [6.07, 6.45) is 5.48. The lowest BCUT2D eigenvalue weighted by molar-refractivity contribution is 0.166. The van der Waals surface area contributed by atoms with Gasteiger partial charge in [0, 0.05) is 25.2 Å². The van der Waals surface area contributed by atoms with Gasteiger partial charge in [0.05, 0.1) is 0 Å². The lowest BCUT2D eigenvalue weighted by Crippen LogP contribution is -2.41. The third-order valence-electron chi connectivity index (χ3n) is 4.71. The van der Waals surface area contributed by atoms with Gasteiger partial charge in [0.15, 0.2) is 0 Å². The summed E-state index contributed by atoms with van der Waals surface area (Å²) >= 11 is 0. The Morgan fingerprint density at radius 1 is 1.14 bits per heavy atom. The fourth-order valence-electron chi connectivity index (χ4n) is 3.62. The van der Waals surface area contributed by atoms with Gasteiger partial charge in [-0.2, -0.15) is 0 Å². The molecule has 1 aromatic rings. The predicted molar refractivity (Wildman–Crippen MR) is 91.5 cm³/mol. The molecule has 2 nitrogen and oxygen atoms in total. The van der Waals surface area contributed by atoms with Gasteiger partial charge in [-0.1, -0.05) is 50.5 Å². The van der Waals surface area contributed by atoms with Gasteiger partial charge in [0.2, 0.25) is 0 Å². The van der Waals surface area contributed by atoms with Crippen LogP contribution in [0.3, 0.4) is 0 Å². The van der Waals surface area contributed by atoms with Gasteiger partial charge in [0.25, 0.3) is 0 Å². The molecule has 2 N–H and O–H groups in total. The van der Waals surface area contributed by atoms with Crippen LogP contribution in [0.15, 0.2) is 18.2 Å². The Bertz CT molecular complexity index is 447. The second kappa shape index (κ2) is 7.42. The van der Waals surface area contributed by atoms with Crippen LogP contribution in [-0.2, 0) is 0 Å². The number of aryl methyl sites for hydroxylation is 2. The highest BCUT2D eigenvalue weighted by Crippen LogP contribution is 2.27. The third kappa shape index (κ3) is 4.55. The zero-order chi connectivity index (χ0) is 15.4. The Balaban J connectivity index is 2.09. The van der Waals surface area contributed by atoms with Gasteiger partial charge in [-0.25, -0.2) is 0 Å². The number of hydrogen-bond acceptors (Lipinski definition) is 2. The van der Waals surface area contributed by atoms with Crippen molar-refractivity contribution in [1.82, 2.24) is 4.90 Å². The molecule has 0 radical (unpaired) electrons. The maximum Gasteiger partial charge on any atom is 0.0427 e. The average molecular weight is 288 g/mol. The molecule has 1 unspecified atom stereocenters. The topological polar surface area (TPSA) is 29.3 Å². The normalized spacial score (nSPS) is 17.9. The highest BCUT2D eigenvalue weighted by atomic mass is 15.2. The molecule has 118 valence electrons. The lowest BCUT2D eigenvalue weighted by Gasteiger charge is -2.33. The van der Waals surface area contributed by atoms with Crippen LogP contribution >= 0.6 is 0 Å². The van der Waals surface area contributed by atoms with Crippen LogP contribution in [0, 0.1) is 19.8 Å². The smallest absolute Gasteiger partial charge is 0.0427 e. The van der Waals surface area contributed by atoms with Crippen molar-refractivity contribution in [2.24, 2.45) is 11.7 Å². The Morgan fingerprint density at radius 3 is 2.43 bits per heavy atom. The van der Waals surface area contributed by atoms with E-state index in [9.17, 15) is 0 Å². The van der Waals surface area contributed by atoms with Crippen LogP contribution in [0.1, 0.15) is 62.3 Å². The molecular formula is C19H32N2. The second-order valence-corrected chi connectivity index (χ2v) is 7.25. The predicted octanol–water partition coefficient (Wildman–Crippen LogP) is 4.20. The minimum Gasteiger partial charge on any atom is -0.323 e. The summed E-state index contributed by atoms with van der Waals surface area (Å²) in [5.41, 5.74) is 10.5. The van der Waals surface area contributed by atoms with E-state index in [1.165, 1.54) is 48.9 Å². The number of nitrogens with two attached hydrogens (primary N) is 1. The van der Waals surface area contributed by atoms with Gasteiger partial charge in [0.1, 0.15) is 0 Å². The van der Waals surface area contributed by atoms with Crippen molar-refractivity contribution in [3.63, 3.8) is 0 Å². The van der Waals surface area contributed by atoms with Crippen molar-refractivity contribution < 1.29 is 0 Å². The summed E-state index contributed by atoms with van der Waals surface area (Å²) < 4.78 is 0. The van der Waals surface area contributed by atoms with Crippen molar-refractivity contribution in [1.29, 1.82) is 0 Å². The fourth-order valence-corrected chi connectivity index (χ4v) is 3.62. The molecule has 2 heteroatoms. The molecule has 1 atom stereocenters. The maximum atomic E-state index is 6.57. The van der Waals surface area contributed by atoms with E-state index in [0.29, 0.717) is 5.92 Å². The molecule has 1 aromatic carbocycles. The van der Waals surface area contributed by atoms with Gasteiger partial charge in [-0.05, 0) is 43.7 Å². The Morgan fingerprint density at radius 2 is 1.81 bits per heavy atom. The summed E-state index contributed by atoms with van der Waals surface area (Å²) in [6.45, 7) is 11.1. The van der Waals surface area contributed by atoms with Gasteiger partial charge in [-0.3, -0.25) is 4.90 Å². The lowest BCUT2D eigenvalue weighted by atomic mass is 9.98. The monoisotopic (exact) mass is 288 g/mol. The molecule has 21 heavy (non-hydrogen) atoms. The third-order valence-corrected chi connectivity index (χ3v) is 4.71. The summed E-state index contributed by atoms with van der Waals surface area (Å²) in [7, 11) is 0. The fraction of sp³-hybridized carbons (Fsp3) is 0.684. The van der Waals surface area contributed by atoms with Crippen molar-refractivity contribution in [2.45, 2.75) is 65.5 Å². The van der Waals surface area contributed by atoms with Crippen LogP contribution in [-0.4, -0.2) is 24.0 Å². The van der Waals surface area contributed by atoms with E-state index < -0.39 is 0 Å². The van der Waals surface area contributed by atoms with Crippen LogP contribution in [0.2, 0.25) is 0 Å². The first kappa shape index (κ1) is 16.5. The number of rotatable bonds is 6. The Labute approximate surface area is 130 Å². The van der Waals surface area contributed by atoms with E-state index in [1.54, 1.807) is 0 Å². The van der Waals surface area contributed by atoms with E-state index in [4.69, 9.17) is 5.73 Å². The van der Waals surface area contributed by atoms with Crippen molar-refractivity contribution in [3.8, 4) is 0 Å². The molecule has 0 aromatic heterocycles. The molecule has 0 heterocycles. The minimum absolute atomic E-state index is 0.129. The molecule has 2 rings (SSSR count). The quantitative estimate of drug-likeness (QED) is 0.850. The van der Waals surface area contributed by atoms with Crippen molar-refractivity contribution in [3.05, 3.63) is 34.9 Å². The highest BCUT2D eigenvalue weighted by Gasteiger charge is 2.25. The number of benzene rings is 1. The van der Waals surface area contributed by atoms with Gasteiger partial charge in [-0.15, -0.1) is 0 Å². The van der Waals surface area contributed by atoms with Crippen LogP contribution in [0.25, 0.3) is 0 Å². The van der Waals surface area contributed by atoms with Crippen molar-refractivity contribution >= 4 is 0 Å².